The zero-order valence-corrected chi connectivity index (χ0v) is 7.04. The second-order valence-corrected chi connectivity index (χ2v) is 2.64. The summed E-state index contributed by atoms with van der Waals surface area (Å²) in [5.74, 6) is -1.82. The van der Waals surface area contributed by atoms with Gasteiger partial charge in [-0.3, -0.25) is 0 Å². The number of benzene rings is 1. The molecule has 0 atom stereocenters. The van der Waals surface area contributed by atoms with Crippen LogP contribution in [0.4, 0.5) is 8.78 Å². The van der Waals surface area contributed by atoms with E-state index in [2.05, 4.69) is 16.0 Å². The Kier molecular flexibility index (Phi) is 2.18. The van der Waals surface area contributed by atoms with Crippen molar-refractivity contribution >= 4 is 0 Å². The van der Waals surface area contributed by atoms with Gasteiger partial charge in [0.15, 0.2) is 11.6 Å². The predicted octanol–water partition coefficient (Wildman–Crippen LogP) is 2.22. The molecular formula is C10H5F2N2. The van der Waals surface area contributed by atoms with Gasteiger partial charge in [-0.15, -0.1) is 0 Å². The molecule has 2 aromatic rings. The van der Waals surface area contributed by atoms with Gasteiger partial charge in [-0.25, -0.2) is 18.7 Å². The van der Waals surface area contributed by atoms with Gasteiger partial charge in [-0.05, 0) is 24.3 Å². The minimum absolute atomic E-state index is 0.409. The third-order valence-electron chi connectivity index (χ3n) is 1.71. The Labute approximate surface area is 79.3 Å². The molecule has 2 nitrogen and oxygen atoms in total. The van der Waals surface area contributed by atoms with Crippen molar-refractivity contribution in [2.75, 3.05) is 0 Å². The third kappa shape index (κ3) is 1.59. The average Bonchev–Trinajstić information content (AvgIpc) is 2.23. The van der Waals surface area contributed by atoms with Crippen molar-refractivity contribution < 1.29 is 8.78 Å². The van der Waals surface area contributed by atoms with Crippen LogP contribution in [0.5, 0.6) is 0 Å². The maximum absolute atomic E-state index is 12.8. The van der Waals surface area contributed by atoms with Gasteiger partial charge in [0.05, 0.1) is 5.69 Å². The first-order valence-electron chi connectivity index (χ1n) is 3.90. The van der Waals surface area contributed by atoms with Gasteiger partial charge in [0.1, 0.15) is 6.33 Å². The first kappa shape index (κ1) is 8.74. The summed E-state index contributed by atoms with van der Waals surface area (Å²) in [7, 11) is 0. The number of hydrogen-bond donors (Lipinski definition) is 0. The van der Waals surface area contributed by atoms with E-state index in [1.807, 2.05) is 0 Å². The van der Waals surface area contributed by atoms with Gasteiger partial charge in [0, 0.05) is 11.8 Å². The summed E-state index contributed by atoms with van der Waals surface area (Å²) >= 11 is 0. The predicted molar refractivity (Wildman–Crippen MR) is 46.2 cm³/mol. The van der Waals surface area contributed by atoms with Gasteiger partial charge in [0.2, 0.25) is 0 Å². The molecule has 0 aliphatic carbocycles. The van der Waals surface area contributed by atoms with Crippen molar-refractivity contribution in [1.82, 2.24) is 9.97 Å². The first-order chi connectivity index (χ1) is 6.77. The molecule has 0 aliphatic heterocycles. The average molecular weight is 191 g/mol. The molecule has 14 heavy (non-hydrogen) atoms. The number of halogens is 2. The summed E-state index contributed by atoms with van der Waals surface area (Å²) in [6.45, 7) is 0. The second kappa shape index (κ2) is 3.49. The number of rotatable bonds is 1. The van der Waals surface area contributed by atoms with Crippen LogP contribution in [0, 0.1) is 17.7 Å². The van der Waals surface area contributed by atoms with Crippen LogP contribution in [0.15, 0.2) is 30.7 Å². The van der Waals surface area contributed by atoms with Crippen molar-refractivity contribution in [2.45, 2.75) is 0 Å². The van der Waals surface area contributed by atoms with Crippen molar-refractivity contribution in [1.29, 1.82) is 0 Å². The lowest BCUT2D eigenvalue weighted by molar-refractivity contribution is 0.509. The third-order valence-corrected chi connectivity index (χ3v) is 1.71. The zero-order chi connectivity index (χ0) is 9.97. The number of hydrogen-bond acceptors (Lipinski definition) is 2. The lowest BCUT2D eigenvalue weighted by Gasteiger charge is -1.99. The molecule has 0 spiro atoms. The summed E-state index contributed by atoms with van der Waals surface area (Å²) in [5.41, 5.74) is 0.921. The van der Waals surface area contributed by atoms with E-state index in [4.69, 9.17) is 0 Å². The monoisotopic (exact) mass is 191 g/mol. The molecule has 0 N–H and O–H groups in total. The number of aromatic nitrogens is 2. The first-order valence-corrected chi connectivity index (χ1v) is 3.90. The van der Waals surface area contributed by atoms with Crippen LogP contribution in [0.1, 0.15) is 0 Å². The van der Waals surface area contributed by atoms with Crippen LogP contribution < -0.4 is 0 Å². The minimum Gasteiger partial charge on any atom is -0.245 e. The summed E-state index contributed by atoms with van der Waals surface area (Å²) < 4.78 is 25.4. The van der Waals surface area contributed by atoms with Crippen molar-refractivity contribution in [3.05, 3.63) is 48.4 Å². The summed E-state index contributed by atoms with van der Waals surface area (Å²) in [6, 6.07) is 6.19. The van der Waals surface area contributed by atoms with Crippen molar-refractivity contribution in [3.63, 3.8) is 0 Å². The summed E-state index contributed by atoms with van der Waals surface area (Å²) in [4.78, 5) is 7.61. The Balaban J connectivity index is 2.48. The smallest absolute Gasteiger partial charge is 0.159 e. The fraction of sp³-hybridized carbons (Fsp3) is 0. The Hall–Kier alpha value is -1.84. The van der Waals surface area contributed by atoms with Crippen LogP contribution in [-0.4, -0.2) is 9.97 Å². The summed E-state index contributed by atoms with van der Waals surface area (Å²) in [5, 5.41) is 0. The van der Waals surface area contributed by atoms with Crippen molar-refractivity contribution in [2.24, 2.45) is 0 Å². The molecule has 0 saturated heterocycles. The molecule has 0 unspecified atom stereocenters. The standard InChI is InChI=1S/C10H5F2N2/c11-8-2-1-7(5-9(8)12)10-3-4-13-6-14-10/h2-6H. The minimum atomic E-state index is -0.914. The topological polar surface area (TPSA) is 25.8 Å². The SMILES string of the molecule is Fc1c[c]c(-c2ccncn2)cc1F. The maximum Gasteiger partial charge on any atom is 0.159 e. The molecule has 0 amide bonds. The van der Waals surface area contributed by atoms with E-state index in [-0.39, 0.29) is 0 Å². The van der Waals surface area contributed by atoms with Gasteiger partial charge >= 0.3 is 0 Å². The Morgan fingerprint density at radius 3 is 2.71 bits per heavy atom. The highest BCUT2D eigenvalue weighted by Gasteiger charge is 2.04. The molecule has 0 saturated carbocycles. The molecule has 4 heteroatoms. The van der Waals surface area contributed by atoms with Gasteiger partial charge in [0.25, 0.3) is 0 Å². The largest absolute Gasteiger partial charge is 0.245 e. The molecule has 2 rings (SSSR count). The van der Waals surface area contributed by atoms with E-state index >= 15 is 0 Å². The van der Waals surface area contributed by atoms with Crippen LogP contribution >= 0.6 is 0 Å². The highest BCUT2D eigenvalue weighted by molar-refractivity contribution is 5.57. The zero-order valence-electron chi connectivity index (χ0n) is 7.04. The Morgan fingerprint density at radius 2 is 2.07 bits per heavy atom. The van der Waals surface area contributed by atoms with E-state index in [1.165, 1.54) is 12.5 Å². The lowest BCUT2D eigenvalue weighted by atomic mass is 10.1. The molecular weight excluding hydrogens is 186 g/mol. The molecule has 1 aromatic carbocycles. The molecule has 0 bridgehead atoms. The van der Waals surface area contributed by atoms with Crippen LogP contribution in [-0.2, 0) is 0 Å². The van der Waals surface area contributed by atoms with E-state index in [9.17, 15) is 8.78 Å². The van der Waals surface area contributed by atoms with Crippen LogP contribution in [0.25, 0.3) is 11.3 Å². The van der Waals surface area contributed by atoms with E-state index in [1.54, 1.807) is 6.07 Å². The van der Waals surface area contributed by atoms with Gasteiger partial charge < -0.3 is 0 Å². The van der Waals surface area contributed by atoms with Gasteiger partial charge in [-0.2, -0.15) is 0 Å². The molecule has 0 aliphatic rings. The second-order valence-electron chi connectivity index (χ2n) is 2.64. The highest BCUT2D eigenvalue weighted by atomic mass is 19.2. The molecule has 1 radical (unpaired) electrons. The van der Waals surface area contributed by atoms with E-state index in [0.29, 0.717) is 11.3 Å². The Morgan fingerprint density at radius 1 is 1.21 bits per heavy atom. The molecule has 0 fully saturated rings. The normalized spacial score (nSPS) is 10.1. The Bertz CT molecular complexity index is 443. The highest BCUT2D eigenvalue weighted by Crippen LogP contribution is 2.17. The molecule has 1 heterocycles. The summed E-state index contributed by atoms with van der Waals surface area (Å²) in [6.07, 6.45) is 2.86. The fourth-order valence-electron chi connectivity index (χ4n) is 1.05. The van der Waals surface area contributed by atoms with E-state index in [0.717, 1.165) is 12.1 Å². The molecule has 69 valence electrons. The lowest BCUT2D eigenvalue weighted by Crippen LogP contribution is -1.88. The fourth-order valence-corrected chi connectivity index (χ4v) is 1.05. The maximum atomic E-state index is 12.8. The van der Waals surface area contributed by atoms with E-state index < -0.39 is 11.6 Å². The molecule has 1 aromatic heterocycles. The van der Waals surface area contributed by atoms with Gasteiger partial charge in [-0.1, -0.05) is 0 Å². The van der Waals surface area contributed by atoms with Crippen LogP contribution in [0.2, 0.25) is 0 Å². The van der Waals surface area contributed by atoms with Crippen LogP contribution in [0.3, 0.4) is 0 Å². The quantitative estimate of drug-likeness (QED) is 0.690. The number of nitrogens with zero attached hydrogens (tertiary/aromatic N) is 2. The van der Waals surface area contributed by atoms with Crippen molar-refractivity contribution in [3.8, 4) is 11.3 Å².